The van der Waals surface area contributed by atoms with Crippen LogP contribution in [0.2, 0.25) is 0 Å². The zero-order chi connectivity index (χ0) is 27.4. The summed E-state index contributed by atoms with van der Waals surface area (Å²) in [6.07, 6.45) is -4.86. The third-order valence-electron chi connectivity index (χ3n) is 6.81. The van der Waals surface area contributed by atoms with Crippen LogP contribution in [0.5, 0.6) is 0 Å². The molecule has 0 radical (unpaired) electrons. The van der Waals surface area contributed by atoms with Crippen molar-refractivity contribution in [2.24, 2.45) is 0 Å². The maximum Gasteiger partial charge on any atom is 0.417 e. The molecule has 38 heavy (non-hydrogen) atoms. The Bertz CT molecular complexity index is 1430. The molecule has 0 bridgehead atoms. The van der Waals surface area contributed by atoms with Crippen molar-refractivity contribution in [1.82, 2.24) is 14.9 Å². The molecule has 6 nitrogen and oxygen atoms in total. The molecule has 2 aliphatic heterocycles. The van der Waals surface area contributed by atoms with Crippen LogP contribution in [0.15, 0.2) is 34.0 Å². The predicted molar refractivity (Wildman–Crippen MR) is 137 cm³/mol. The van der Waals surface area contributed by atoms with Gasteiger partial charge in [0.15, 0.2) is 0 Å². The minimum atomic E-state index is -4.86. The Kier molecular flexibility index (Phi) is 7.16. The van der Waals surface area contributed by atoms with Crippen molar-refractivity contribution in [3.63, 3.8) is 0 Å². The molecule has 12 heteroatoms. The summed E-state index contributed by atoms with van der Waals surface area (Å²) in [5.41, 5.74) is -2.21. The molecule has 204 valence electrons. The summed E-state index contributed by atoms with van der Waals surface area (Å²) < 4.78 is 79.4. The predicted octanol–water partition coefficient (Wildman–Crippen LogP) is 5.23. The number of halogens is 5. The van der Waals surface area contributed by atoms with Gasteiger partial charge in [-0.05, 0) is 39.0 Å². The average molecular weight is 555 g/mol. The van der Waals surface area contributed by atoms with E-state index in [2.05, 4.69) is 10.3 Å². The molecule has 0 unspecified atom stereocenters. The number of alkyl halides is 3. The van der Waals surface area contributed by atoms with E-state index in [9.17, 15) is 26.7 Å². The smallest absolute Gasteiger partial charge is 0.380 e. The number of benzene rings is 2. The number of rotatable bonds is 5. The van der Waals surface area contributed by atoms with E-state index in [4.69, 9.17) is 4.74 Å². The van der Waals surface area contributed by atoms with Gasteiger partial charge in [0.25, 0.3) is 0 Å². The third kappa shape index (κ3) is 4.77. The van der Waals surface area contributed by atoms with Gasteiger partial charge < -0.3 is 15.0 Å². The molecule has 1 saturated heterocycles. The Labute approximate surface area is 220 Å². The van der Waals surface area contributed by atoms with Gasteiger partial charge in [-0.2, -0.15) is 18.2 Å². The van der Waals surface area contributed by atoms with Gasteiger partial charge in [-0.25, -0.2) is 13.6 Å². The number of ether oxygens (including phenoxy) is 1. The van der Waals surface area contributed by atoms with Crippen molar-refractivity contribution < 1.29 is 26.7 Å². The molecule has 3 aromatic rings. The first-order valence-electron chi connectivity index (χ1n) is 12.4. The third-order valence-corrected chi connectivity index (χ3v) is 8.04. The van der Waals surface area contributed by atoms with E-state index in [1.807, 2.05) is 18.7 Å². The van der Waals surface area contributed by atoms with E-state index >= 15 is 0 Å². The Morgan fingerprint density at radius 2 is 1.87 bits per heavy atom. The fourth-order valence-electron chi connectivity index (χ4n) is 5.39. The highest BCUT2D eigenvalue weighted by atomic mass is 32.2. The van der Waals surface area contributed by atoms with Crippen molar-refractivity contribution in [2.45, 2.75) is 50.0 Å². The summed E-state index contributed by atoms with van der Waals surface area (Å²) in [7, 11) is 0. The van der Waals surface area contributed by atoms with Crippen molar-refractivity contribution >= 4 is 28.5 Å². The van der Waals surface area contributed by atoms with Crippen molar-refractivity contribution in [2.75, 3.05) is 37.0 Å². The van der Waals surface area contributed by atoms with E-state index in [0.29, 0.717) is 25.8 Å². The molecular formula is C26H27F5N4O2S. The molecule has 0 spiro atoms. The fourth-order valence-corrected chi connectivity index (χ4v) is 6.71. The summed E-state index contributed by atoms with van der Waals surface area (Å²) in [4.78, 5) is 19.7. The maximum atomic E-state index is 15.0. The first kappa shape index (κ1) is 26.9. The minimum Gasteiger partial charge on any atom is -0.380 e. The number of hydrogen-bond donors (Lipinski definition) is 1. The Balaban J connectivity index is 1.88. The van der Waals surface area contributed by atoms with Crippen LogP contribution in [0.3, 0.4) is 0 Å². The number of nitrogens with zero attached hydrogens (tertiary/aromatic N) is 3. The van der Waals surface area contributed by atoms with Crippen molar-refractivity contribution in [1.29, 1.82) is 0 Å². The molecule has 2 aromatic carbocycles. The van der Waals surface area contributed by atoms with E-state index in [-0.39, 0.29) is 51.6 Å². The fraction of sp³-hybridized carbons (Fsp3) is 0.462. The summed E-state index contributed by atoms with van der Waals surface area (Å²) >= 11 is 1.11. The largest absolute Gasteiger partial charge is 0.417 e. The normalized spacial score (nSPS) is 21.8. The van der Waals surface area contributed by atoms with Crippen molar-refractivity contribution in [3.8, 4) is 11.1 Å². The quantitative estimate of drug-likeness (QED) is 0.436. The standard InChI is InChI=1S/C26H27F5N4O2S/c1-4-37-11-16-12-38-23-21(17-6-5-15(27)7-20(17)28)19(26(29,30)31)8-18-22(23)35(16)25(36)33-24(18)34-9-13(2)32-14(3)10-34/h5-8,13-14,16,32H,4,9-12H2,1-3H3/t13-,14+,16-/m0/s1. The van der Waals surface area contributed by atoms with Gasteiger partial charge in [0.2, 0.25) is 0 Å². The highest BCUT2D eigenvalue weighted by Gasteiger charge is 2.40. The topological polar surface area (TPSA) is 59.4 Å². The second-order valence-corrected chi connectivity index (χ2v) is 10.8. The SMILES string of the molecule is CCOC[C@H]1CSc2c(-c3ccc(F)cc3F)c(C(F)(F)F)cc3c(N4C[C@@H](C)N[C@@H](C)C4)nc(=O)n1c23. The number of piperazine rings is 1. The number of aromatic nitrogens is 2. The van der Waals surface area contributed by atoms with E-state index in [1.54, 1.807) is 6.92 Å². The molecular weight excluding hydrogens is 527 g/mol. The Morgan fingerprint density at radius 1 is 1.16 bits per heavy atom. The van der Waals surface area contributed by atoms with E-state index in [0.717, 1.165) is 30.0 Å². The van der Waals surface area contributed by atoms with Crippen LogP contribution >= 0.6 is 11.8 Å². The van der Waals surface area contributed by atoms with Crippen LogP contribution < -0.4 is 15.9 Å². The van der Waals surface area contributed by atoms with Crippen molar-refractivity contribution in [3.05, 3.63) is 51.9 Å². The summed E-state index contributed by atoms with van der Waals surface area (Å²) in [6.45, 7) is 7.15. The monoisotopic (exact) mass is 554 g/mol. The van der Waals surface area contributed by atoms with Crippen LogP contribution in [0.4, 0.5) is 27.8 Å². The molecule has 1 N–H and O–H groups in total. The average Bonchev–Trinajstić information content (AvgIpc) is 2.83. The summed E-state index contributed by atoms with van der Waals surface area (Å²) in [6, 6.07) is 3.00. The van der Waals surface area contributed by atoms with E-state index < -0.39 is 40.7 Å². The molecule has 1 fully saturated rings. The second-order valence-electron chi connectivity index (χ2n) is 9.73. The number of nitrogens with one attached hydrogen (secondary N) is 1. The zero-order valence-corrected chi connectivity index (χ0v) is 21.8. The molecule has 0 aliphatic carbocycles. The summed E-state index contributed by atoms with van der Waals surface area (Å²) in [5, 5.41) is 3.53. The lowest BCUT2D eigenvalue weighted by Crippen LogP contribution is -2.55. The maximum absolute atomic E-state index is 15.0. The molecule has 0 saturated carbocycles. The molecule has 1 aromatic heterocycles. The number of hydrogen-bond acceptors (Lipinski definition) is 6. The van der Waals surface area contributed by atoms with Gasteiger partial charge in [-0.1, -0.05) is 0 Å². The van der Waals surface area contributed by atoms with Crippen LogP contribution in [0.1, 0.15) is 32.4 Å². The van der Waals surface area contributed by atoms with Gasteiger partial charge in [-0.15, -0.1) is 11.8 Å². The van der Waals surface area contributed by atoms with Gasteiger partial charge in [-0.3, -0.25) is 4.57 Å². The van der Waals surface area contributed by atoms with Gasteiger partial charge in [0, 0.05) is 65.0 Å². The lowest BCUT2D eigenvalue weighted by Gasteiger charge is -2.38. The number of thioether (sulfide) groups is 1. The minimum absolute atomic E-state index is 0.0140. The molecule has 2 aliphatic rings. The van der Waals surface area contributed by atoms with Crippen LogP contribution in [0.25, 0.3) is 22.0 Å². The van der Waals surface area contributed by atoms with Gasteiger partial charge in [0.05, 0.1) is 23.7 Å². The zero-order valence-electron chi connectivity index (χ0n) is 21.0. The lowest BCUT2D eigenvalue weighted by atomic mass is 9.95. The van der Waals surface area contributed by atoms with Gasteiger partial charge >= 0.3 is 11.9 Å². The molecule has 0 amide bonds. The Hall–Kier alpha value is -2.70. The molecule has 3 heterocycles. The first-order valence-corrected chi connectivity index (χ1v) is 13.4. The van der Waals surface area contributed by atoms with Gasteiger partial charge in [0.1, 0.15) is 17.5 Å². The lowest BCUT2D eigenvalue weighted by molar-refractivity contribution is -0.137. The van der Waals surface area contributed by atoms with Crippen LogP contribution in [0, 0.1) is 11.6 Å². The first-order chi connectivity index (χ1) is 18.0. The molecule has 5 rings (SSSR count). The second kappa shape index (κ2) is 10.1. The molecule has 3 atom stereocenters. The Morgan fingerprint density at radius 3 is 2.50 bits per heavy atom. The highest BCUT2D eigenvalue weighted by molar-refractivity contribution is 7.99. The van der Waals surface area contributed by atoms with Crippen LogP contribution in [-0.2, 0) is 10.9 Å². The van der Waals surface area contributed by atoms with Crippen LogP contribution in [-0.4, -0.2) is 53.7 Å². The van der Waals surface area contributed by atoms with E-state index in [1.165, 1.54) is 4.57 Å². The summed E-state index contributed by atoms with van der Waals surface area (Å²) in [5.74, 6) is -1.63. The highest BCUT2D eigenvalue weighted by Crippen LogP contribution is 2.50. The number of anilines is 1.